The van der Waals surface area contributed by atoms with E-state index in [-0.39, 0.29) is 29.9 Å². The van der Waals surface area contributed by atoms with Crippen molar-refractivity contribution in [2.75, 3.05) is 6.61 Å². The van der Waals surface area contributed by atoms with Gasteiger partial charge in [-0.15, -0.1) is 0 Å². The molecule has 0 saturated heterocycles. The minimum absolute atomic E-state index is 0.0574. The molecule has 32 heavy (non-hydrogen) atoms. The molecule has 4 heteroatoms. The highest BCUT2D eigenvalue weighted by molar-refractivity contribution is 5.97. The van der Waals surface area contributed by atoms with Gasteiger partial charge in [-0.05, 0) is 45.6 Å². The first-order valence-electron chi connectivity index (χ1n) is 13.0. The van der Waals surface area contributed by atoms with E-state index in [4.69, 9.17) is 9.47 Å². The van der Waals surface area contributed by atoms with E-state index >= 15 is 0 Å². The van der Waals surface area contributed by atoms with E-state index < -0.39 is 0 Å². The summed E-state index contributed by atoms with van der Waals surface area (Å²) >= 11 is 0. The third kappa shape index (κ3) is 12.4. The van der Waals surface area contributed by atoms with Gasteiger partial charge < -0.3 is 9.47 Å². The molecule has 1 aliphatic rings. The summed E-state index contributed by atoms with van der Waals surface area (Å²) in [6.45, 7) is 8.74. The van der Waals surface area contributed by atoms with Gasteiger partial charge in [0, 0.05) is 25.0 Å². The first-order chi connectivity index (χ1) is 15.5. The number of hydrogen-bond donors (Lipinski definition) is 0. The molecule has 2 atom stereocenters. The Hall–Kier alpha value is -1.60. The standard InChI is InChI=1S/C28H46O4/c1-5-7-9-11-12-14-18-24-22-26(29)25(19-15-10-8-6-2)28(24)31-21-17-13-16-20-27(30)32-23(3)4/h22-23,25,28H,5-13,15-17,19-21H2,1-4H3. The summed E-state index contributed by atoms with van der Waals surface area (Å²) in [5.41, 5.74) is 0.867. The number of ether oxygens (including phenoxy) is 2. The van der Waals surface area contributed by atoms with Gasteiger partial charge in [0.1, 0.15) is 6.10 Å². The van der Waals surface area contributed by atoms with E-state index in [2.05, 4.69) is 25.7 Å². The molecular weight excluding hydrogens is 400 g/mol. The fourth-order valence-corrected chi connectivity index (χ4v) is 3.99. The molecule has 0 amide bonds. The number of ketones is 1. The van der Waals surface area contributed by atoms with Crippen LogP contribution in [-0.4, -0.2) is 30.6 Å². The quantitative estimate of drug-likeness (QED) is 0.138. The number of rotatable bonds is 17. The normalized spacial score (nSPS) is 17.9. The van der Waals surface area contributed by atoms with Crippen LogP contribution in [0.4, 0.5) is 0 Å². The van der Waals surface area contributed by atoms with Crippen LogP contribution in [0.2, 0.25) is 0 Å². The predicted octanol–water partition coefficient (Wildman–Crippen LogP) is 6.95. The predicted molar refractivity (Wildman–Crippen MR) is 131 cm³/mol. The number of allylic oxidation sites excluding steroid dienone is 1. The van der Waals surface area contributed by atoms with Crippen LogP contribution < -0.4 is 0 Å². The number of carbonyl (C=O) groups is 2. The van der Waals surface area contributed by atoms with Gasteiger partial charge in [-0.1, -0.05) is 77.1 Å². The van der Waals surface area contributed by atoms with Crippen LogP contribution in [0.3, 0.4) is 0 Å². The van der Waals surface area contributed by atoms with E-state index in [0.717, 1.165) is 56.9 Å². The molecule has 0 aromatic heterocycles. The second-order valence-electron chi connectivity index (χ2n) is 9.21. The van der Waals surface area contributed by atoms with Crippen molar-refractivity contribution in [2.45, 2.75) is 130 Å². The summed E-state index contributed by atoms with van der Waals surface area (Å²) in [6, 6.07) is 0. The molecule has 0 aromatic rings. The maximum atomic E-state index is 12.7. The zero-order valence-electron chi connectivity index (χ0n) is 21.0. The summed E-state index contributed by atoms with van der Waals surface area (Å²) in [4.78, 5) is 24.3. The maximum Gasteiger partial charge on any atom is 0.306 e. The molecule has 0 aromatic carbocycles. The Morgan fingerprint density at radius 3 is 2.34 bits per heavy atom. The molecule has 2 unspecified atom stereocenters. The van der Waals surface area contributed by atoms with Crippen molar-refractivity contribution in [1.29, 1.82) is 0 Å². The minimum Gasteiger partial charge on any atom is -0.463 e. The van der Waals surface area contributed by atoms with Crippen LogP contribution >= 0.6 is 0 Å². The van der Waals surface area contributed by atoms with E-state index in [1.54, 1.807) is 6.08 Å². The fraction of sp³-hybridized carbons (Fsp3) is 0.786. The highest BCUT2D eigenvalue weighted by atomic mass is 16.5. The average Bonchev–Trinajstić information content (AvgIpc) is 3.04. The maximum absolute atomic E-state index is 12.7. The molecule has 4 nitrogen and oxygen atoms in total. The van der Waals surface area contributed by atoms with Gasteiger partial charge >= 0.3 is 5.97 Å². The van der Waals surface area contributed by atoms with Gasteiger partial charge in [0.05, 0.1) is 12.0 Å². The molecule has 0 aliphatic heterocycles. The molecule has 182 valence electrons. The van der Waals surface area contributed by atoms with Crippen LogP contribution in [0, 0.1) is 17.8 Å². The third-order valence-electron chi connectivity index (χ3n) is 5.78. The summed E-state index contributed by atoms with van der Waals surface area (Å²) in [7, 11) is 0. The average molecular weight is 447 g/mol. The monoisotopic (exact) mass is 446 g/mol. The van der Waals surface area contributed by atoms with Crippen molar-refractivity contribution >= 4 is 11.8 Å². The molecule has 0 spiro atoms. The smallest absolute Gasteiger partial charge is 0.306 e. The van der Waals surface area contributed by atoms with Gasteiger partial charge in [0.15, 0.2) is 5.78 Å². The summed E-state index contributed by atoms with van der Waals surface area (Å²) in [5.74, 6) is 6.49. The van der Waals surface area contributed by atoms with Gasteiger partial charge in [-0.2, -0.15) is 0 Å². The molecule has 0 N–H and O–H groups in total. The second kappa shape index (κ2) is 17.9. The van der Waals surface area contributed by atoms with Crippen LogP contribution in [-0.2, 0) is 19.1 Å². The van der Waals surface area contributed by atoms with Gasteiger partial charge in [-0.25, -0.2) is 0 Å². The van der Waals surface area contributed by atoms with Crippen LogP contribution in [0.1, 0.15) is 118 Å². The Balaban J connectivity index is 2.51. The topological polar surface area (TPSA) is 52.6 Å². The molecule has 0 bridgehead atoms. The Morgan fingerprint density at radius 1 is 0.969 bits per heavy atom. The third-order valence-corrected chi connectivity index (χ3v) is 5.78. The molecule has 0 heterocycles. The van der Waals surface area contributed by atoms with E-state index in [1.165, 1.54) is 32.1 Å². The Bertz CT molecular complexity index is 623. The van der Waals surface area contributed by atoms with E-state index in [0.29, 0.717) is 13.0 Å². The number of unbranched alkanes of at least 4 members (excludes halogenated alkanes) is 9. The fourth-order valence-electron chi connectivity index (χ4n) is 3.99. The lowest BCUT2D eigenvalue weighted by Gasteiger charge is -2.21. The molecule has 0 saturated carbocycles. The zero-order valence-corrected chi connectivity index (χ0v) is 21.0. The lowest BCUT2D eigenvalue weighted by molar-refractivity contribution is -0.147. The minimum atomic E-state index is -0.196. The summed E-state index contributed by atoms with van der Waals surface area (Å²) in [6.07, 6.45) is 15.7. The number of carbonyl (C=O) groups excluding carboxylic acids is 2. The number of hydrogen-bond acceptors (Lipinski definition) is 4. The van der Waals surface area contributed by atoms with E-state index in [9.17, 15) is 9.59 Å². The Labute approximate surface area is 196 Å². The first-order valence-corrected chi connectivity index (χ1v) is 13.0. The lowest BCUT2D eigenvalue weighted by atomic mass is 9.94. The highest BCUT2D eigenvalue weighted by Gasteiger charge is 2.35. The van der Waals surface area contributed by atoms with Gasteiger partial charge in [0.25, 0.3) is 0 Å². The molecular formula is C28H46O4. The van der Waals surface area contributed by atoms with Crippen molar-refractivity contribution in [2.24, 2.45) is 5.92 Å². The molecule has 0 radical (unpaired) electrons. The molecule has 0 fully saturated rings. The number of esters is 1. The lowest BCUT2D eigenvalue weighted by Crippen LogP contribution is -2.26. The van der Waals surface area contributed by atoms with Crippen molar-refractivity contribution in [1.82, 2.24) is 0 Å². The van der Waals surface area contributed by atoms with Crippen LogP contribution in [0.15, 0.2) is 11.6 Å². The van der Waals surface area contributed by atoms with Crippen molar-refractivity contribution in [3.63, 3.8) is 0 Å². The summed E-state index contributed by atoms with van der Waals surface area (Å²) in [5, 5.41) is 0. The summed E-state index contributed by atoms with van der Waals surface area (Å²) < 4.78 is 11.4. The van der Waals surface area contributed by atoms with Crippen LogP contribution in [0.5, 0.6) is 0 Å². The SMILES string of the molecule is CCCCCCC#CC1=CC(=O)C(CCCCCC)C1OCCCCCC(=O)OC(C)C. The van der Waals surface area contributed by atoms with Crippen molar-refractivity contribution in [3.8, 4) is 11.8 Å². The van der Waals surface area contributed by atoms with Crippen LogP contribution in [0.25, 0.3) is 0 Å². The highest BCUT2D eigenvalue weighted by Crippen LogP contribution is 2.30. The van der Waals surface area contributed by atoms with Crippen molar-refractivity contribution in [3.05, 3.63) is 11.6 Å². The largest absolute Gasteiger partial charge is 0.463 e. The zero-order chi connectivity index (χ0) is 23.6. The van der Waals surface area contributed by atoms with E-state index in [1.807, 2.05) is 13.8 Å². The van der Waals surface area contributed by atoms with Gasteiger partial charge in [-0.3, -0.25) is 9.59 Å². The van der Waals surface area contributed by atoms with Gasteiger partial charge in [0.2, 0.25) is 0 Å². The van der Waals surface area contributed by atoms with Crippen molar-refractivity contribution < 1.29 is 19.1 Å². The first kappa shape index (κ1) is 28.4. The Morgan fingerprint density at radius 2 is 1.66 bits per heavy atom. The molecule has 1 aliphatic carbocycles. The molecule has 1 rings (SSSR count). The second-order valence-corrected chi connectivity index (χ2v) is 9.21. The Kier molecular flexibility index (Phi) is 15.9.